The summed E-state index contributed by atoms with van der Waals surface area (Å²) in [6, 6.07) is 6.54. The molecule has 0 radical (unpaired) electrons. The van der Waals surface area contributed by atoms with Crippen LogP contribution >= 0.6 is 35.5 Å². The number of guanidine groups is 1. The molecule has 0 bridgehead atoms. The van der Waals surface area contributed by atoms with Crippen LogP contribution in [0.15, 0.2) is 23.2 Å². The molecule has 9 heteroatoms. The quantitative estimate of drug-likeness (QED) is 0.344. The molecule has 2 aliphatic heterocycles. The number of rotatable bonds is 6. The van der Waals surface area contributed by atoms with Crippen LogP contribution in [0.2, 0.25) is 0 Å². The predicted molar refractivity (Wildman–Crippen MR) is 134 cm³/mol. The summed E-state index contributed by atoms with van der Waals surface area (Å²) in [6.45, 7) is 10.5. The van der Waals surface area contributed by atoms with E-state index in [0.717, 1.165) is 87.8 Å². The Balaban J connectivity index is 0.00000256. The Morgan fingerprint density at radius 3 is 2.80 bits per heavy atom. The normalized spacial score (nSPS) is 16.1. The van der Waals surface area contributed by atoms with Gasteiger partial charge in [0, 0.05) is 63.6 Å². The van der Waals surface area contributed by atoms with Crippen molar-refractivity contribution in [1.82, 2.24) is 19.6 Å². The highest BCUT2D eigenvalue weighted by Crippen LogP contribution is 2.26. The van der Waals surface area contributed by atoms with Crippen molar-refractivity contribution in [2.45, 2.75) is 33.1 Å². The van der Waals surface area contributed by atoms with E-state index < -0.39 is 0 Å². The minimum absolute atomic E-state index is 0. The monoisotopic (exact) mass is 542 g/mol. The molecule has 30 heavy (non-hydrogen) atoms. The third-order valence-corrected chi connectivity index (χ3v) is 6.19. The van der Waals surface area contributed by atoms with Gasteiger partial charge in [0.25, 0.3) is 0 Å². The first-order valence-electron chi connectivity index (χ1n) is 10.6. The van der Waals surface area contributed by atoms with Crippen molar-refractivity contribution in [1.29, 1.82) is 0 Å². The van der Waals surface area contributed by atoms with Gasteiger partial charge in [-0.15, -0.1) is 24.0 Å². The maximum atomic E-state index is 5.60. The molecule has 0 spiro atoms. The molecule has 0 amide bonds. The molecule has 4 rings (SSSR count). The van der Waals surface area contributed by atoms with Crippen molar-refractivity contribution in [3.8, 4) is 5.75 Å². The van der Waals surface area contributed by atoms with Crippen LogP contribution in [0.5, 0.6) is 5.75 Å². The molecule has 3 heterocycles. The number of hydrogen-bond donors (Lipinski definition) is 1. The van der Waals surface area contributed by atoms with Gasteiger partial charge in [0.15, 0.2) is 5.96 Å². The highest BCUT2D eigenvalue weighted by molar-refractivity contribution is 14.0. The fraction of sp³-hybridized carbons (Fsp3) is 0.571. The Morgan fingerprint density at radius 2 is 2.07 bits per heavy atom. The Morgan fingerprint density at radius 1 is 1.23 bits per heavy atom. The molecule has 1 N–H and O–H groups in total. The molecular weight excluding hydrogens is 511 g/mol. The van der Waals surface area contributed by atoms with Crippen LogP contribution in [0.25, 0.3) is 0 Å². The smallest absolute Gasteiger partial charge is 0.205 e. The minimum atomic E-state index is 0. The number of benzene rings is 1. The number of aromatic nitrogens is 2. The molecule has 164 valence electrons. The summed E-state index contributed by atoms with van der Waals surface area (Å²) in [6.07, 6.45) is 2.87. The molecule has 0 saturated carbocycles. The fourth-order valence-corrected chi connectivity index (χ4v) is 4.54. The van der Waals surface area contributed by atoms with Crippen LogP contribution in [0.4, 0.5) is 5.13 Å². The highest BCUT2D eigenvalue weighted by atomic mass is 127. The van der Waals surface area contributed by atoms with Gasteiger partial charge in [-0.05, 0) is 30.5 Å². The van der Waals surface area contributed by atoms with E-state index in [4.69, 9.17) is 9.73 Å². The molecule has 1 saturated heterocycles. The summed E-state index contributed by atoms with van der Waals surface area (Å²) in [5.41, 5.74) is 2.67. The standard InChI is InChI=1S/C21H30N6OS.HI/c1-3-19-24-21(29-25-19)27-12-10-26(11-13-27)20(22-4-2)23-9-7-16-5-6-18-17(15-16)8-14-28-18;/h5-6,15H,3-4,7-14H2,1-2H3,(H,22,23);1H. The molecule has 1 aromatic carbocycles. The summed E-state index contributed by atoms with van der Waals surface area (Å²) in [5.74, 6) is 3.01. The Kier molecular flexibility index (Phi) is 8.55. The van der Waals surface area contributed by atoms with Gasteiger partial charge in [-0.25, -0.2) is 4.98 Å². The van der Waals surface area contributed by atoms with E-state index in [0.29, 0.717) is 0 Å². The lowest BCUT2D eigenvalue weighted by atomic mass is 10.1. The lowest BCUT2D eigenvalue weighted by Crippen LogP contribution is -2.52. The topological polar surface area (TPSA) is 65.9 Å². The first-order valence-corrected chi connectivity index (χ1v) is 11.4. The van der Waals surface area contributed by atoms with Gasteiger partial charge in [0.05, 0.1) is 6.61 Å². The van der Waals surface area contributed by atoms with Gasteiger partial charge in [-0.2, -0.15) is 4.37 Å². The SMILES string of the molecule is CCNC(=NCCc1ccc2c(c1)CCO2)N1CCN(c2nc(CC)ns2)CC1.I. The van der Waals surface area contributed by atoms with Crippen molar-refractivity contribution in [2.75, 3.05) is 50.8 Å². The summed E-state index contributed by atoms with van der Waals surface area (Å²) in [5, 5.41) is 4.51. The van der Waals surface area contributed by atoms with Crippen LogP contribution in [-0.2, 0) is 19.3 Å². The van der Waals surface area contributed by atoms with Crippen molar-refractivity contribution in [3.05, 3.63) is 35.2 Å². The zero-order valence-electron chi connectivity index (χ0n) is 17.8. The van der Waals surface area contributed by atoms with Crippen LogP contribution in [0, 0.1) is 0 Å². The highest BCUT2D eigenvalue weighted by Gasteiger charge is 2.22. The molecule has 0 atom stereocenters. The number of hydrogen-bond acceptors (Lipinski definition) is 6. The average Bonchev–Trinajstić information content (AvgIpc) is 3.42. The largest absolute Gasteiger partial charge is 0.493 e. The van der Waals surface area contributed by atoms with E-state index in [-0.39, 0.29) is 24.0 Å². The number of ether oxygens (including phenoxy) is 1. The van der Waals surface area contributed by atoms with Crippen LogP contribution < -0.4 is 15.0 Å². The summed E-state index contributed by atoms with van der Waals surface area (Å²) >= 11 is 1.51. The van der Waals surface area contributed by atoms with E-state index in [9.17, 15) is 0 Å². The van der Waals surface area contributed by atoms with Gasteiger partial charge >= 0.3 is 0 Å². The second-order valence-electron chi connectivity index (χ2n) is 7.35. The van der Waals surface area contributed by atoms with Crippen molar-refractivity contribution in [3.63, 3.8) is 0 Å². The maximum Gasteiger partial charge on any atom is 0.205 e. The average molecular weight is 542 g/mol. The number of piperazine rings is 1. The number of fused-ring (bicyclic) bond motifs is 1. The summed E-state index contributed by atoms with van der Waals surface area (Å²) in [4.78, 5) is 14.2. The first kappa shape index (κ1) is 23.1. The van der Waals surface area contributed by atoms with E-state index in [1.807, 2.05) is 0 Å². The molecular formula is C21H31IN6OS. The number of anilines is 1. The van der Waals surface area contributed by atoms with E-state index >= 15 is 0 Å². The number of nitrogens with one attached hydrogen (secondary N) is 1. The molecule has 2 aliphatic rings. The predicted octanol–water partition coefficient (Wildman–Crippen LogP) is 2.98. The second-order valence-corrected chi connectivity index (χ2v) is 8.08. The Labute approximate surface area is 200 Å². The van der Waals surface area contributed by atoms with Gasteiger partial charge in [0.2, 0.25) is 5.13 Å². The van der Waals surface area contributed by atoms with Gasteiger partial charge < -0.3 is 19.9 Å². The van der Waals surface area contributed by atoms with Crippen LogP contribution in [-0.4, -0.2) is 66.1 Å². The summed E-state index contributed by atoms with van der Waals surface area (Å²) in [7, 11) is 0. The van der Waals surface area contributed by atoms with Crippen molar-refractivity contribution >= 4 is 46.6 Å². The van der Waals surface area contributed by atoms with Gasteiger partial charge in [-0.3, -0.25) is 4.99 Å². The number of aliphatic imine (C=N–C) groups is 1. The second kappa shape index (κ2) is 11.1. The molecule has 1 aromatic heterocycles. The zero-order chi connectivity index (χ0) is 20.1. The Bertz CT molecular complexity index is 850. The third-order valence-electron chi connectivity index (χ3n) is 5.37. The fourth-order valence-electron chi connectivity index (χ4n) is 3.74. The molecule has 0 aliphatic carbocycles. The van der Waals surface area contributed by atoms with Crippen molar-refractivity contribution in [2.24, 2.45) is 4.99 Å². The third kappa shape index (κ3) is 5.54. The molecule has 1 fully saturated rings. The van der Waals surface area contributed by atoms with E-state index in [1.165, 1.54) is 22.7 Å². The van der Waals surface area contributed by atoms with Crippen LogP contribution in [0.3, 0.4) is 0 Å². The van der Waals surface area contributed by atoms with Crippen LogP contribution in [0.1, 0.15) is 30.8 Å². The number of nitrogens with zero attached hydrogens (tertiary/aromatic N) is 5. The molecule has 0 unspecified atom stereocenters. The van der Waals surface area contributed by atoms with Crippen molar-refractivity contribution < 1.29 is 4.74 Å². The summed E-state index contributed by atoms with van der Waals surface area (Å²) < 4.78 is 10.0. The lowest BCUT2D eigenvalue weighted by molar-refractivity contribution is 0.357. The first-order chi connectivity index (χ1) is 14.3. The zero-order valence-corrected chi connectivity index (χ0v) is 20.9. The van der Waals surface area contributed by atoms with Gasteiger partial charge in [0.1, 0.15) is 11.6 Å². The molecule has 7 nitrogen and oxygen atoms in total. The maximum absolute atomic E-state index is 5.60. The minimum Gasteiger partial charge on any atom is -0.493 e. The lowest BCUT2D eigenvalue weighted by Gasteiger charge is -2.36. The van der Waals surface area contributed by atoms with Gasteiger partial charge in [-0.1, -0.05) is 19.1 Å². The van der Waals surface area contributed by atoms with E-state index in [1.54, 1.807) is 0 Å². The van der Waals surface area contributed by atoms with E-state index in [2.05, 4.69) is 56.5 Å². The Hall–Kier alpha value is -1.62. The number of halogens is 1. The number of aryl methyl sites for hydroxylation is 1. The molecule has 2 aromatic rings.